The van der Waals surface area contributed by atoms with E-state index < -0.39 is 0 Å². The molecule has 0 aliphatic rings. The van der Waals surface area contributed by atoms with E-state index in [9.17, 15) is 4.79 Å². The van der Waals surface area contributed by atoms with E-state index in [4.69, 9.17) is 10.00 Å². The summed E-state index contributed by atoms with van der Waals surface area (Å²) in [7, 11) is 0. The van der Waals surface area contributed by atoms with Crippen LogP contribution >= 0.6 is 0 Å². The second-order valence-corrected chi connectivity index (χ2v) is 2.96. The van der Waals surface area contributed by atoms with Crippen molar-refractivity contribution in [1.82, 2.24) is 4.90 Å². The van der Waals surface area contributed by atoms with Gasteiger partial charge in [0.2, 0.25) is 0 Å². The third-order valence-electron chi connectivity index (χ3n) is 1.64. The van der Waals surface area contributed by atoms with Gasteiger partial charge in [-0.25, -0.2) is 0 Å². The van der Waals surface area contributed by atoms with Crippen LogP contribution in [-0.4, -0.2) is 36.6 Å². The van der Waals surface area contributed by atoms with Crippen LogP contribution in [0.15, 0.2) is 0 Å². The molecule has 0 rings (SSSR count). The van der Waals surface area contributed by atoms with Gasteiger partial charge < -0.3 is 4.74 Å². The molecule has 4 heteroatoms. The Morgan fingerprint density at radius 1 is 1.62 bits per heavy atom. The number of esters is 1. The van der Waals surface area contributed by atoms with Gasteiger partial charge in [-0.2, -0.15) is 5.26 Å². The van der Waals surface area contributed by atoms with Crippen molar-refractivity contribution >= 4 is 5.97 Å². The van der Waals surface area contributed by atoms with E-state index in [1.54, 1.807) is 11.8 Å². The molecule has 0 amide bonds. The fourth-order valence-electron chi connectivity index (χ4n) is 0.884. The molecule has 0 heterocycles. The normalized spacial score (nSPS) is 10.2. The Kier molecular flexibility index (Phi) is 5.90. The second kappa shape index (κ2) is 6.44. The van der Waals surface area contributed by atoms with Gasteiger partial charge >= 0.3 is 5.97 Å². The summed E-state index contributed by atoms with van der Waals surface area (Å²) >= 11 is 0. The predicted molar refractivity (Wildman–Crippen MR) is 49.0 cm³/mol. The van der Waals surface area contributed by atoms with Crippen LogP contribution in [0.3, 0.4) is 0 Å². The van der Waals surface area contributed by atoms with Crippen LogP contribution in [0.1, 0.15) is 20.8 Å². The molecule has 0 unspecified atom stereocenters. The summed E-state index contributed by atoms with van der Waals surface area (Å²) in [6.45, 7) is 6.49. The number of carbonyl (C=O) groups is 1. The summed E-state index contributed by atoms with van der Waals surface area (Å²) in [6, 6.07) is 2.20. The highest BCUT2D eigenvalue weighted by molar-refractivity contribution is 5.71. The molecule has 0 aromatic carbocycles. The number of hydrogen-bond acceptors (Lipinski definition) is 4. The first-order valence-corrected chi connectivity index (χ1v) is 4.38. The number of nitriles is 1. The number of ether oxygens (including phenoxy) is 1. The van der Waals surface area contributed by atoms with Gasteiger partial charge in [-0.05, 0) is 20.8 Å². The molecule has 13 heavy (non-hydrogen) atoms. The van der Waals surface area contributed by atoms with Gasteiger partial charge in [0, 0.05) is 6.04 Å². The van der Waals surface area contributed by atoms with Crippen LogP contribution in [0, 0.1) is 11.3 Å². The van der Waals surface area contributed by atoms with Crippen molar-refractivity contribution in [3.63, 3.8) is 0 Å². The smallest absolute Gasteiger partial charge is 0.320 e. The summed E-state index contributed by atoms with van der Waals surface area (Å²) < 4.78 is 4.78. The van der Waals surface area contributed by atoms with E-state index in [0.717, 1.165) is 0 Å². The zero-order valence-electron chi connectivity index (χ0n) is 8.41. The predicted octanol–water partition coefficient (Wildman–Crippen LogP) is 0.783. The van der Waals surface area contributed by atoms with Gasteiger partial charge in [-0.3, -0.25) is 9.69 Å². The highest BCUT2D eigenvalue weighted by atomic mass is 16.5. The van der Waals surface area contributed by atoms with Crippen LogP contribution in [0.4, 0.5) is 0 Å². The van der Waals surface area contributed by atoms with E-state index >= 15 is 0 Å². The Morgan fingerprint density at radius 3 is 2.62 bits per heavy atom. The fourth-order valence-corrected chi connectivity index (χ4v) is 0.884. The van der Waals surface area contributed by atoms with E-state index in [1.807, 2.05) is 19.9 Å². The lowest BCUT2D eigenvalue weighted by atomic mass is 10.3. The van der Waals surface area contributed by atoms with E-state index in [0.29, 0.717) is 6.61 Å². The third-order valence-corrected chi connectivity index (χ3v) is 1.64. The Morgan fingerprint density at radius 2 is 2.23 bits per heavy atom. The van der Waals surface area contributed by atoms with Crippen molar-refractivity contribution in [1.29, 1.82) is 5.26 Å². The molecule has 0 bridgehead atoms. The van der Waals surface area contributed by atoms with Crippen LogP contribution in [0.2, 0.25) is 0 Å². The lowest BCUT2D eigenvalue weighted by Gasteiger charge is -2.21. The largest absolute Gasteiger partial charge is 0.465 e. The molecule has 0 atom stereocenters. The van der Waals surface area contributed by atoms with Crippen molar-refractivity contribution in [3.8, 4) is 6.07 Å². The molecule has 0 saturated carbocycles. The maximum atomic E-state index is 11.1. The maximum absolute atomic E-state index is 11.1. The van der Waals surface area contributed by atoms with Gasteiger partial charge in [0.15, 0.2) is 0 Å². The molecule has 0 spiro atoms. The molecule has 0 radical (unpaired) electrons. The van der Waals surface area contributed by atoms with Crippen molar-refractivity contribution in [3.05, 3.63) is 0 Å². The molecule has 0 saturated heterocycles. The summed E-state index contributed by atoms with van der Waals surface area (Å²) in [4.78, 5) is 12.8. The lowest BCUT2D eigenvalue weighted by Crippen LogP contribution is -2.36. The standard InChI is InChI=1S/C9H16N2O2/c1-4-13-9(12)7-11(6-5-10)8(2)3/h8H,4,6-7H2,1-3H3. The second-order valence-electron chi connectivity index (χ2n) is 2.96. The first kappa shape index (κ1) is 11.9. The SMILES string of the molecule is CCOC(=O)CN(CC#N)C(C)C. The van der Waals surface area contributed by atoms with Crippen LogP contribution in [0.25, 0.3) is 0 Å². The summed E-state index contributed by atoms with van der Waals surface area (Å²) in [5.41, 5.74) is 0. The minimum atomic E-state index is -0.272. The minimum Gasteiger partial charge on any atom is -0.465 e. The van der Waals surface area contributed by atoms with Crippen molar-refractivity contribution in [2.45, 2.75) is 26.8 Å². The molecular formula is C9H16N2O2. The number of hydrogen-bond donors (Lipinski definition) is 0. The Labute approximate surface area is 79.1 Å². The van der Waals surface area contributed by atoms with Gasteiger partial charge in [-0.1, -0.05) is 0 Å². The molecule has 0 fully saturated rings. The Hall–Kier alpha value is -1.08. The molecule has 4 nitrogen and oxygen atoms in total. The molecule has 0 aliphatic carbocycles. The lowest BCUT2D eigenvalue weighted by molar-refractivity contribution is -0.144. The summed E-state index contributed by atoms with van der Waals surface area (Å²) in [5.74, 6) is -0.272. The Balaban J connectivity index is 3.96. The van der Waals surface area contributed by atoms with E-state index in [1.165, 1.54) is 0 Å². The highest BCUT2D eigenvalue weighted by Crippen LogP contribution is 1.97. The summed E-state index contributed by atoms with van der Waals surface area (Å²) in [5, 5.41) is 8.48. The van der Waals surface area contributed by atoms with Crippen molar-refractivity contribution in [2.75, 3.05) is 19.7 Å². The minimum absolute atomic E-state index is 0.184. The van der Waals surface area contributed by atoms with Gasteiger partial charge in [0.05, 0.1) is 25.8 Å². The number of carbonyl (C=O) groups excluding carboxylic acids is 1. The van der Waals surface area contributed by atoms with Gasteiger partial charge in [0.25, 0.3) is 0 Å². The van der Waals surface area contributed by atoms with Crippen LogP contribution < -0.4 is 0 Å². The van der Waals surface area contributed by atoms with E-state index in [2.05, 4.69) is 0 Å². The van der Waals surface area contributed by atoms with Crippen molar-refractivity contribution in [2.24, 2.45) is 0 Å². The topological polar surface area (TPSA) is 53.3 Å². The van der Waals surface area contributed by atoms with Crippen LogP contribution in [0.5, 0.6) is 0 Å². The van der Waals surface area contributed by atoms with Gasteiger partial charge in [-0.15, -0.1) is 0 Å². The average molecular weight is 184 g/mol. The molecule has 0 aromatic heterocycles. The van der Waals surface area contributed by atoms with E-state index in [-0.39, 0.29) is 25.1 Å². The summed E-state index contributed by atoms with van der Waals surface area (Å²) in [6.07, 6.45) is 0. The van der Waals surface area contributed by atoms with Crippen LogP contribution in [-0.2, 0) is 9.53 Å². The third kappa shape index (κ3) is 5.21. The quantitative estimate of drug-likeness (QED) is 0.468. The molecule has 0 aliphatic heterocycles. The average Bonchev–Trinajstić information content (AvgIpc) is 2.04. The number of nitrogens with zero attached hydrogens (tertiary/aromatic N) is 2. The van der Waals surface area contributed by atoms with Gasteiger partial charge in [0.1, 0.15) is 0 Å². The first-order chi connectivity index (χ1) is 6.11. The Bertz CT molecular complexity index is 196. The first-order valence-electron chi connectivity index (χ1n) is 4.38. The molecular weight excluding hydrogens is 168 g/mol. The zero-order valence-corrected chi connectivity index (χ0v) is 8.41. The number of rotatable bonds is 5. The zero-order chi connectivity index (χ0) is 10.3. The van der Waals surface area contributed by atoms with Crippen molar-refractivity contribution < 1.29 is 9.53 Å². The monoisotopic (exact) mass is 184 g/mol. The molecule has 74 valence electrons. The maximum Gasteiger partial charge on any atom is 0.320 e. The molecule has 0 aromatic rings. The highest BCUT2D eigenvalue weighted by Gasteiger charge is 2.13. The fraction of sp³-hybridized carbons (Fsp3) is 0.778. The molecule has 0 N–H and O–H groups in total.